The molecule has 1 aromatic rings. The van der Waals surface area contributed by atoms with E-state index in [1.165, 1.54) is 0 Å². The summed E-state index contributed by atoms with van der Waals surface area (Å²) in [5.41, 5.74) is 5.42. The topological polar surface area (TPSA) is 80.3 Å². The van der Waals surface area contributed by atoms with Crippen molar-refractivity contribution in [3.8, 4) is 0 Å². The number of hydrogen-bond acceptors (Lipinski definition) is 5. The van der Waals surface area contributed by atoms with Crippen LogP contribution in [0.15, 0.2) is 4.99 Å². The van der Waals surface area contributed by atoms with Gasteiger partial charge in [0.15, 0.2) is 0 Å². The Balaban J connectivity index is 2.89. The molecule has 2 N–H and O–H groups in total. The van der Waals surface area contributed by atoms with Crippen LogP contribution in [-0.2, 0) is 0 Å². The maximum Gasteiger partial charge on any atom is 0.255 e. The molecule has 0 fully saturated rings. The minimum atomic E-state index is 0.193. The fourth-order valence-electron chi connectivity index (χ4n) is 0.713. The van der Waals surface area contributed by atoms with Crippen molar-refractivity contribution in [2.75, 3.05) is 19.8 Å². The standard InChI is InChI=1S/C7H12N6/c1-5-10-6(8)12-7(11-5)9-4-13(2)3/h4H,1-3H3,(H2,8,10,11,12)/b9-4+. The molecule has 0 spiro atoms. The van der Waals surface area contributed by atoms with Crippen LogP contribution in [0.4, 0.5) is 11.9 Å². The van der Waals surface area contributed by atoms with Gasteiger partial charge in [0.25, 0.3) is 5.95 Å². The maximum absolute atomic E-state index is 5.42. The number of aromatic nitrogens is 3. The minimum Gasteiger partial charge on any atom is -0.369 e. The zero-order valence-corrected chi connectivity index (χ0v) is 7.89. The Labute approximate surface area is 76.5 Å². The van der Waals surface area contributed by atoms with Gasteiger partial charge in [0.05, 0.1) is 6.34 Å². The van der Waals surface area contributed by atoms with Crippen LogP contribution in [0.3, 0.4) is 0 Å². The number of aryl methyl sites for hydroxylation is 1. The molecule has 6 nitrogen and oxygen atoms in total. The van der Waals surface area contributed by atoms with Crippen LogP contribution in [-0.4, -0.2) is 40.3 Å². The summed E-state index contributed by atoms with van der Waals surface area (Å²) in [4.78, 5) is 17.4. The Bertz CT molecular complexity index is 299. The third-order valence-electron chi connectivity index (χ3n) is 1.16. The van der Waals surface area contributed by atoms with Gasteiger partial charge in [0, 0.05) is 14.1 Å². The van der Waals surface area contributed by atoms with Crippen molar-refractivity contribution < 1.29 is 0 Å². The summed E-state index contributed by atoms with van der Waals surface area (Å²) in [6, 6.07) is 0. The molecule has 1 heterocycles. The summed E-state index contributed by atoms with van der Waals surface area (Å²) in [6.07, 6.45) is 1.61. The van der Waals surface area contributed by atoms with Gasteiger partial charge in [-0.1, -0.05) is 0 Å². The Morgan fingerprint density at radius 3 is 2.54 bits per heavy atom. The SMILES string of the molecule is Cc1nc(N)nc(/N=C/N(C)C)n1. The number of nitrogen functional groups attached to an aromatic ring is 1. The molecule has 0 aliphatic heterocycles. The Kier molecular flexibility index (Phi) is 2.73. The van der Waals surface area contributed by atoms with Gasteiger partial charge in [-0.3, -0.25) is 0 Å². The molecule has 6 heteroatoms. The van der Waals surface area contributed by atoms with Crippen LogP contribution in [0.1, 0.15) is 5.82 Å². The van der Waals surface area contributed by atoms with Crippen LogP contribution >= 0.6 is 0 Å². The summed E-state index contributed by atoms with van der Waals surface area (Å²) in [5, 5.41) is 0. The number of anilines is 1. The number of hydrogen-bond donors (Lipinski definition) is 1. The highest BCUT2D eigenvalue weighted by molar-refractivity contribution is 5.57. The second-order valence-corrected chi connectivity index (χ2v) is 2.75. The van der Waals surface area contributed by atoms with Gasteiger partial charge in [-0.15, -0.1) is 0 Å². The van der Waals surface area contributed by atoms with Gasteiger partial charge in [-0.05, 0) is 6.92 Å². The lowest BCUT2D eigenvalue weighted by atomic mass is 10.7. The minimum absolute atomic E-state index is 0.193. The van der Waals surface area contributed by atoms with E-state index < -0.39 is 0 Å². The Morgan fingerprint density at radius 2 is 2.00 bits per heavy atom. The van der Waals surface area contributed by atoms with Crippen molar-refractivity contribution in [2.45, 2.75) is 6.92 Å². The fourth-order valence-corrected chi connectivity index (χ4v) is 0.713. The first-order valence-corrected chi connectivity index (χ1v) is 3.76. The number of rotatable bonds is 2. The molecule has 0 aliphatic rings. The fraction of sp³-hybridized carbons (Fsp3) is 0.429. The van der Waals surface area contributed by atoms with Crippen LogP contribution in [0.25, 0.3) is 0 Å². The Morgan fingerprint density at radius 1 is 1.31 bits per heavy atom. The summed E-state index contributed by atoms with van der Waals surface area (Å²) in [6.45, 7) is 1.74. The molecule has 0 unspecified atom stereocenters. The van der Waals surface area contributed by atoms with E-state index in [9.17, 15) is 0 Å². The number of nitrogens with zero attached hydrogens (tertiary/aromatic N) is 5. The second-order valence-electron chi connectivity index (χ2n) is 2.75. The lowest BCUT2D eigenvalue weighted by Gasteiger charge is -2.01. The predicted octanol–water partition coefficient (Wildman–Crippen LogP) is -0.0164. The molecule has 0 bridgehead atoms. The van der Waals surface area contributed by atoms with Crippen molar-refractivity contribution in [3.05, 3.63) is 5.82 Å². The van der Waals surface area contributed by atoms with Crippen LogP contribution in [0, 0.1) is 6.92 Å². The molecule has 70 valence electrons. The van der Waals surface area contributed by atoms with Gasteiger partial charge in [0.2, 0.25) is 5.95 Å². The van der Waals surface area contributed by atoms with Crippen molar-refractivity contribution in [2.24, 2.45) is 4.99 Å². The summed E-state index contributed by atoms with van der Waals surface area (Å²) in [7, 11) is 3.72. The number of nitrogens with two attached hydrogens (primary N) is 1. The molecule has 1 aromatic heterocycles. The van der Waals surface area contributed by atoms with E-state index in [0.717, 1.165) is 0 Å². The highest BCUT2D eigenvalue weighted by atomic mass is 15.2. The van der Waals surface area contributed by atoms with E-state index in [-0.39, 0.29) is 5.95 Å². The zero-order valence-electron chi connectivity index (χ0n) is 7.89. The molecule has 0 aliphatic carbocycles. The van der Waals surface area contributed by atoms with Gasteiger partial charge >= 0.3 is 0 Å². The smallest absolute Gasteiger partial charge is 0.255 e. The van der Waals surface area contributed by atoms with E-state index in [2.05, 4.69) is 19.9 Å². The molecule has 0 saturated carbocycles. The zero-order chi connectivity index (χ0) is 9.84. The van der Waals surface area contributed by atoms with Crippen LogP contribution in [0.5, 0.6) is 0 Å². The van der Waals surface area contributed by atoms with Crippen LogP contribution in [0.2, 0.25) is 0 Å². The van der Waals surface area contributed by atoms with Crippen LogP contribution < -0.4 is 5.73 Å². The normalized spacial score (nSPS) is 10.7. The molecular weight excluding hydrogens is 168 g/mol. The van der Waals surface area contributed by atoms with Crippen molar-refractivity contribution in [1.29, 1.82) is 0 Å². The highest BCUT2D eigenvalue weighted by Gasteiger charge is 1.97. The summed E-state index contributed by atoms with van der Waals surface area (Å²) >= 11 is 0. The van der Waals surface area contributed by atoms with Gasteiger partial charge < -0.3 is 10.6 Å². The number of aliphatic imine (C=N–C) groups is 1. The van der Waals surface area contributed by atoms with Gasteiger partial charge in [-0.25, -0.2) is 4.99 Å². The molecule has 0 atom stereocenters. The van der Waals surface area contributed by atoms with Crippen molar-refractivity contribution >= 4 is 18.2 Å². The second kappa shape index (κ2) is 3.79. The van der Waals surface area contributed by atoms with Gasteiger partial charge in [-0.2, -0.15) is 15.0 Å². The Hall–Kier alpha value is -1.72. The first kappa shape index (κ1) is 9.37. The lowest BCUT2D eigenvalue weighted by molar-refractivity contribution is 0.642. The molecule has 0 saturated heterocycles. The van der Waals surface area contributed by atoms with E-state index in [4.69, 9.17) is 5.73 Å². The summed E-state index contributed by atoms with van der Waals surface area (Å²) < 4.78 is 0. The van der Waals surface area contributed by atoms with E-state index in [1.54, 1.807) is 18.2 Å². The van der Waals surface area contributed by atoms with Gasteiger partial charge in [0.1, 0.15) is 5.82 Å². The predicted molar refractivity (Wildman–Crippen MR) is 50.8 cm³/mol. The van der Waals surface area contributed by atoms with Crippen molar-refractivity contribution in [1.82, 2.24) is 19.9 Å². The lowest BCUT2D eigenvalue weighted by Crippen LogP contribution is -2.08. The van der Waals surface area contributed by atoms with Crippen molar-refractivity contribution in [3.63, 3.8) is 0 Å². The molecule has 0 radical (unpaired) electrons. The molecule has 1 rings (SSSR count). The first-order valence-electron chi connectivity index (χ1n) is 3.76. The molecule has 13 heavy (non-hydrogen) atoms. The monoisotopic (exact) mass is 180 g/mol. The summed E-state index contributed by atoms with van der Waals surface area (Å²) in [5.74, 6) is 1.09. The van der Waals surface area contributed by atoms with E-state index in [0.29, 0.717) is 11.8 Å². The quantitative estimate of drug-likeness (QED) is 0.511. The largest absolute Gasteiger partial charge is 0.369 e. The highest BCUT2D eigenvalue weighted by Crippen LogP contribution is 2.04. The molecule has 0 aromatic carbocycles. The first-order chi connectivity index (χ1) is 6.08. The third-order valence-corrected chi connectivity index (χ3v) is 1.16. The molecule has 0 amide bonds. The maximum atomic E-state index is 5.42. The van der Waals surface area contributed by atoms with E-state index in [1.807, 2.05) is 14.1 Å². The average Bonchev–Trinajstić information content (AvgIpc) is 1.99. The average molecular weight is 180 g/mol. The third kappa shape index (κ3) is 3.02. The molecular formula is C7H12N6. The van der Waals surface area contributed by atoms with E-state index >= 15 is 0 Å².